The second kappa shape index (κ2) is 5.49. The van der Waals surface area contributed by atoms with Crippen LogP contribution in [-0.4, -0.2) is 34.2 Å². The molecule has 5 nitrogen and oxygen atoms in total. The van der Waals surface area contributed by atoms with E-state index < -0.39 is 16.9 Å². The Morgan fingerprint density at radius 3 is 2.00 bits per heavy atom. The lowest BCUT2D eigenvalue weighted by Gasteiger charge is -2.30. The van der Waals surface area contributed by atoms with Gasteiger partial charge in [-0.15, -0.1) is 0 Å². The van der Waals surface area contributed by atoms with Crippen LogP contribution < -0.4 is 5.32 Å². The summed E-state index contributed by atoms with van der Waals surface area (Å²) in [6.07, 6.45) is 6.56. The monoisotopic (exact) mass is 269 g/mol. The molecule has 2 fully saturated rings. The molecule has 2 aliphatic rings. The number of carboxylic acid groups (broad SMARTS) is 1. The SMILES string of the molecule is O=C(CC1(C(=O)O)CCCC1)NC1(CO)CCCC1. The number of amides is 1. The van der Waals surface area contributed by atoms with E-state index in [1.807, 2.05) is 0 Å². The highest BCUT2D eigenvalue weighted by molar-refractivity contribution is 5.85. The second-order valence-corrected chi connectivity index (χ2v) is 6.16. The molecule has 0 spiro atoms. The Morgan fingerprint density at radius 2 is 1.53 bits per heavy atom. The van der Waals surface area contributed by atoms with Crippen LogP contribution in [0.25, 0.3) is 0 Å². The summed E-state index contributed by atoms with van der Waals surface area (Å²) in [6, 6.07) is 0. The summed E-state index contributed by atoms with van der Waals surface area (Å²) in [6.45, 7) is -0.0567. The summed E-state index contributed by atoms with van der Waals surface area (Å²) in [4.78, 5) is 23.6. The average Bonchev–Trinajstić information content (AvgIpc) is 2.99. The number of aliphatic hydroxyl groups excluding tert-OH is 1. The number of carbonyl (C=O) groups is 2. The molecular weight excluding hydrogens is 246 g/mol. The third-order valence-electron chi connectivity index (χ3n) is 4.78. The van der Waals surface area contributed by atoms with Gasteiger partial charge in [-0.05, 0) is 25.7 Å². The Labute approximate surface area is 113 Å². The summed E-state index contributed by atoms with van der Waals surface area (Å²) in [5, 5.41) is 21.7. The number of hydrogen-bond donors (Lipinski definition) is 3. The first-order valence-electron chi connectivity index (χ1n) is 7.17. The third kappa shape index (κ3) is 2.91. The Kier molecular flexibility index (Phi) is 4.13. The van der Waals surface area contributed by atoms with Crippen molar-refractivity contribution in [1.29, 1.82) is 0 Å². The van der Waals surface area contributed by atoms with E-state index in [4.69, 9.17) is 0 Å². The average molecular weight is 269 g/mol. The van der Waals surface area contributed by atoms with Crippen LogP contribution in [0.2, 0.25) is 0 Å². The molecule has 0 atom stereocenters. The van der Waals surface area contributed by atoms with E-state index >= 15 is 0 Å². The number of carbonyl (C=O) groups excluding carboxylic acids is 1. The standard InChI is InChI=1S/C14H23NO4/c16-10-14(7-3-4-8-14)15-11(17)9-13(12(18)19)5-1-2-6-13/h16H,1-10H2,(H,15,17)(H,18,19). The Hall–Kier alpha value is -1.10. The molecular formula is C14H23NO4. The number of carboxylic acids is 1. The van der Waals surface area contributed by atoms with Gasteiger partial charge in [-0.1, -0.05) is 25.7 Å². The van der Waals surface area contributed by atoms with Gasteiger partial charge in [0.15, 0.2) is 0 Å². The third-order valence-corrected chi connectivity index (χ3v) is 4.78. The zero-order chi connectivity index (χ0) is 13.9. The first-order valence-corrected chi connectivity index (χ1v) is 7.17. The van der Waals surface area contributed by atoms with Crippen LogP contribution in [0.5, 0.6) is 0 Å². The molecule has 3 N–H and O–H groups in total. The van der Waals surface area contributed by atoms with E-state index in [2.05, 4.69) is 5.32 Å². The van der Waals surface area contributed by atoms with Gasteiger partial charge in [0.1, 0.15) is 0 Å². The van der Waals surface area contributed by atoms with Gasteiger partial charge in [0, 0.05) is 6.42 Å². The molecule has 1 amide bonds. The second-order valence-electron chi connectivity index (χ2n) is 6.16. The van der Waals surface area contributed by atoms with Crippen molar-refractivity contribution in [2.75, 3.05) is 6.61 Å². The van der Waals surface area contributed by atoms with Crippen LogP contribution in [0.1, 0.15) is 57.8 Å². The Bertz CT molecular complexity index is 354. The zero-order valence-electron chi connectivity index (χ0n) is 11.3. The van der Waals surface area contributed by atoms with Crippen molar-refractivity contribution in [3.8, 4) is 0 Å². The number of rotatable bonds is 5. The molecule has 0 aromatic rings. The van der Waals surface area contributed by atoms with Gasteiger partial charge in [0.25, 0.3) is 0 Å². The van der Waals surface area contributed by atoms with Crippen LogP contribution in [0.15, 0.2) is 0 Å². The van der Waals surface area contributed by atoms with Crippen molar-refractivity contribution < 1.29 is 19.8 Å². The summed E-state index contributed by atoms with van der Waals surface area (Å²) in [5.41, 5.74) is -1.38. The fourth-order valence-corrected chi connectivity index (χ4v) is 3.54. The minimum absolute atomic E-state index is 0.0457. The van der Waals surface area contributed by atoms with Crippen LogP contribution in [0, 0.1) is 5.41 Å². The van der Waals surface area contributed by atoms with Gasteiger partial charge in [-0.3, -0.25) is 9.59 Å². The molecule has 0 heterocycles. The van der Waals surface area contributed by atoms with Crippen molar-refractivity contribution in [1.82, 2.24) is 5.32 Å². The van der Waals surface area contributed by atoms with E-state index in [0.717, 1.165) is 38.5 Å². The summed E-state index contributed by atoms with van der Waals surface area (Å²) in [7, 11) is 0. The molecule has 0 bridgehead atoms. The fraction of sp³-hybridized carbons (Fsp3) is 0.857. The van der Waals surface area contributed by atoms with Gasteiger partial charge in [0.05, 0.1) is 17.6 Å². The van der Waals surface area contributed by atoms with Crippen LogP contribution in [-0.2, 0) is 9.59 Å². The number of aliphatic hydroxyl groups is 1. The van der Waals surface area contributed by atoms with Crippen molar-refractivity contribution in [2.45, 2.75) is 63.3 Å². The van der Waals surface area contributed by atoms with Crippen molar-refractivity contribution in [2.24, 2.45) is 5.41 Å². The summed E-state index contributed by atoms with van der Waals surface area (Å²) in [5.74, 6) is -1.08. The highest BCUT2D eigenvalue weighted by atomic mass is 16.4. The van der Waals surface area contributed by atoms with Crippen LogP contribution >= 0.6 is 0 Å². The molecule has 0 aromatic heterocycles. The largest absolute Gasteiger partial charge is 0.481 e. The number of aliphatic carboxylic acids is 1. The minimum atomic E-state index is -0.876. The van der Waals surface area contributed by atoms with E-state index in [9.17, 15) is 19.8 Å². The van der Waals surface area contributed by atoms with Crippen LogP contribution in [0.3, 0.4) is 0 Å². The van der Waals surface area contributed by atoms with E-state index in [1.165, 1.54) is 0 Å². The van der Waals surface area contributed by atoms with Gasteiger partial charge >= 0.3 is 5.97 Å². The fourth-order valence-electron chi connectivity index (χ4n) is 3.54. The molecule has 2 saturated carbocycles. The lowest BCUT2D eigenvalue weighted by Crippen LogP contribution is -2.50. The molecule has 5 heteroatoms. The number of hydrogen-bond acceptors (Lipinski definition) is 3. The van der Waals surface area contributed by atoms with Crippen molar-refractivity contribution in [3.05, 3.63) is 0 Å². The molecule has 2 aliphatic carbocycles. The maximum absolute atomic E-state index is 12.1. The molecule has 2 rings (SSSR count). The Balaban J connectivity index is 1.98. The molecule has 0 saturated heterocycles. The van der Waals surface area contributed by atoms with Crippen LogP contribution in [0.4, 0.5) is 0 Å². The highest BCUT2D eigenvalue weighted by Gasteiger charge is 2.44. The molecule has 108 valence electrons. The maximum Gasteiger partial charge on any atom is 0.310 e. The van der Waals surface area contributed by atoms with Gasteiger partial charge in [-0.2, -0.15) is 0 Å². The van der Waals surface area contributed by atoms with Gasteiger partial charge in [0.2, 0.25) is 5.91 Å². The Morgan fingerprint density at radius 1 is 1.00 bits per heavy atom. The highest BCUT2D eigenvalue weighted by Crippen LogP contribution is 2.41. The summed E-state index contributed by atoms with van der Waals surface area (Å²) >= 11 is 0. The predicted molar refractivity (Wildman–Crippen MR) is 69.6 cm³/mol. The lowest BCUT2D eigenvalue weighted by molar-refractivity contribution is -0.151. The first-order chi connectivity index (χ1) is 9.02. The first kappa shape index (κ1) is 14.3. The smallest absolute Gasteiger partial charge is 0.310 e. The normalized spacial score (nSPS) is 24.3. The summed E-state index contributed by atoms with van der Waals surface area (Å²) < 4.78 is 0. The molecule has 0 unspecified atom stereocenters. The van der Waals surface area contributed by atoms with E-state index in [1.54, 1.807) is 0 Å². The zero-order valence-corrected chi connectivity index (χ0v) is 11.3. The number of nitrogens with one attached hydrogen (secondary N) is 1. The van der Waals surface area contributed by atoms with Gasteiger partial charge in [-0.25, -0.2) is 0 Å². The van der Waals surface area contributed by atoms with E-state index in [-0.39, 0.29) is 18.9 Å². The topological polar surface area (TPSA) is 86.6 Å². The van der Waals surface area contributed by atoms with Crippen molar-refractivity contribution >= 4 is 11.9 Å². The minimum Gasteiger partial charge on any atom is -0.481 e. The molecule has 0 radical (unpaired) electrons. The van der Waals surface area contributed by atoms with E-state index in [0.29, 0.717) is 12.8 Å². The van der Waals surface area contributed by atoms with Gasteiger partial charge < -0.3 is 15.5 Å². The predicted octanol–water partition coefficient (Wildman–Crippen LogP) is 1.44. The quantitative estimate of drug-likeness (QED) is 0.705. The molecule has 0 aliphatic heterocycles. The molecule has 19 heavy (non-hydrogen) atoms. The molecule has 0 aromatic carbocycles. The maximum atomic E-state index is 12.1. The van der Waals surface area contributed by atoms with Crippen molar-refractivity contribution in [3.63, 3.8) is 0 Å². The lowest BCUT2D eigenvalue weighted by atomic mass is 9.82.